The fraction of sp³-hybridized carbons (Fsp3) is 0.303. The molecule has 8 heteroatoms. The number of aryl methyl sites for hydroxylation is 1. The Kier molecular flexibility index (Phi) is 8.90. The van der Waals surface area contributed by atoms with Crippen LogP contribution in [-0.4, -0.2) is 68.1 Å². The number of hydrogen-bond acceptors (Lipinski definition) is 5. The second-order valence-electron chi connectivity index (χ2n) is 10.6. The molecule has 0 unspecified atom stereocenters. The van der Waals surface area contributed by atoms with Crippen LogP contribution >= 0.6 is 0 Å². The molecule has 0 bridgehead atoms. The van der Waals surface area contributed by atoms with Gasteiger partial charge in [-0.1, -0.05) is 66.7 Å². The van der Waals surface area contributed by atoms with Crippen molar-refractivity contribution in [3.05, 3.63) is 108 Å². The SMILES string of the molecule is Cc1cc(C(=O)N2CCNC[C@H]2Cc2ccccc2)c(-c2ccccc2)n1-c1cccc(OCCCS(C)(=O)=O)c1. The minimum absolute atomic E-state index is 0.0290. The van der Waals surface area contributed by atoms with Crippen molar-refractivity contribution in [2.75, 3.05) is 38.2 Å². The van der Waals surface area contributed by atoms with Crippen LogP contribution in [0.5, 0.6) is 5.75 Å². The van der Waals surface area contributed by atoms with Crippen LogP contribution in [0.25, 0.3) is 16.9 Å². The first-order chi connectivity index (χ1) is 19.8. The Balaban J connectivity index is 1.49. The second-order valence-corrected chi connectivity index (χ2v) is 12.9. The van der Waals surface area contributed by atoms with Gasteiger partial charge in [0.25, 0.3) is 5.91 Å². The van der Waals surface area contributed by atoms with E-state index in [4.69, 9.17) is 4.74 Å². The molecule has 7 nitrogen and oxygen atoms in total. The number of nitrogens with one attached hydrogen (secondary N) is 1. The largest absolute Gasteiger partial charge is 0.493 e. The van der Waals surface area contributed by atoms with Crippen LogP contribution in [0.2, 0.25) is 0 Å². The van der Waals surface area contributed by atoms with Gasteiger partial charge in [0.15, 0.2) is 0 Å². The molecule has 2 heterocycles. The summed E-state index contributed by atoms with van der Waals surface area (Å²) in [6.07, 6.45) is 2.45. The molecular weight excluding hydrogens is 534 g/mol. The minimum atomic E-state index is -3.03. The molecule has 1 N–H and O–H groups in total. The van der Waals surface area contributed by atoms with Crippen LogP contribution in [0.15, 0.2) is 91.0 Å². The number of carbonyl (C=O) groups is 1. The van der Waals surface area contributed by atoms with E-state index in [0.717, 1.165) is 42.1 Å². The number of carbonyl (C=O) groups excluding carboxylic acids is 1. The number of benzene rings is 3. The molecule has 0 saturated carbocycles. The van der Waals surface area contributed by atoms with Crippen molar-refractivity contribution in [2.45, 2.75) is 25.8 Å². The summed E-state index contributed by atoms with van der Waals surface area (Å²) in [7, 11) is -3.03. The molecule has 1 saturated heterocycles. The molecule has 4 aromatic rings. The highest BCUT2D eigenvalue weighted by Gasteiger charge is 2.31. The number of piperazine rings is 1. The second kappa shape index (κ2) is 12.7. The van der Waals surface area contributed by atoms with E-state index in [0.29, 0.717) is 30.9 Å². The summed E-state index contributed by atoms with van der Waals surface area (Å²) in [5, 5.41) is 3.47. The van der Waals surface area contributed by atoms with Gasteiger partial charge in [-0.25, -0.2) is 8.42 Å². The van der Waals surface area contributed by atoms with Crippen LogP contribution in [-0.2, 0) is 16.3 Å². The first kappa shape index (κ1) is 28.6. The van der Waals surface area contributed by atoms with Gasteiger partial charge in [0.1, 0.15) is 15.6 Å². The number of nitrogens with zero attached hydrogens (tertiary/aromatic N) is 2. The predicted octanol–water partition coefficient (Wildman–Crippen LogP) is 4.92. The van der Waals surface area contributed by atoms with Gasteiger partial charge >= 0.3 is 0 Å². The summed E-state index contributed by atoms with van der Waals surface area (Å²) < 4.78 is 31.0. The number of sulfone groups is 1. The van der Waals surface area contributed by atoms with Gasteiger partial charge in [-0.05, 0) is 49.1 Å². The highest BCUT2D eigenvalue weighted by molar-refractivity contribution is 7.90. The Morgan fingerprint density at radius 2 is 1.71 bits per heavy atom. The Labute approximate surface area is 242 Å². The lowest BCUT2D eigenvalue weighted by molar-refractivity contribution is 0.0637. The van der Waals surface area contributed by atoms with Gasteiger partial charge in [-0.3, -0.25) is 4.79 Å². The zero-order chi connectivity index (χ0) is 28.8. The molecule has 0 aliphatic carbocycles. The maximum absolute atomic E-state index is 14.3. The number of aromatic nitrogens is 1. The smallest absolute Gasteiger partial charge is 0.256 e. The summed E-state index contributed by atoms with van der Waals surface area (Å²) in [5.41, 5.74) is 5.51. The van der Waals surface area contributed by atoms with Gasteiger partial charge in [0, 0.05) is 49.4 Å². The van der Waals surface area contributed by atoms with Crippen molar-refractivity contribution in [1.82, 2.24) is 14.8 Å². The maximum Gasteiger partial charge on any atom is 0.256 e. The third kappa shape index (κ3) is 7.07. The van der Waals surface area contributed by atoms with E-state index in [1.54, 1.807) is 0 Å². The van der Waals surface area contributed by atoms with Crippen molar-refractivity contribution in [1.29, 1.82) is 0 Å². The van der Waals surface area contributed by atoms with Gasteiger partial charge < -0.3 is 19.5 Å². The normalized spacial score (nSPS) is 15.6. The number of hydrogen-bond donors (Lipinski definition) is 1. The van der Waals surface area contributed by atoms with E-state index in [2.05, 4.69) is 22.0 Å². The summed E-state index contributed by atoms with van der Waals surface area (Å²) in [4.78, 5) is 16.3. The molecule has 1 amide bonds. The van der Waals surface area contributed by atoms with Crippen LogP contribution in [0, 0.1) is 6.92 Å². The lowest BCUT2D eigenvalue weighted by Crippen LogP contribution is -2.54. The average Bonchev–Trinajstić information content (AvgIpc) is 3.33. The molecular formula is C33H37N3O4S. The third-order valence-electron chi connectivity index (χ3n) is 7.39. The number of rotatable bonds is 10. The molecule has 0 radical (unpaired) electrons. The average molecular weight is 572 g/mol. The van der Waals surface area contributed by atoms with Gasteiger partial charge in [0.05, 0.1) is 23.6 Å². The van der Waals surface area contributed by atoms with E-state index in [1.807, 2.05) is 90.7 Å². The maximum atomic E-state index is 14.3. The summed E-state index contributed by atoms with van der Waals surface area (Å²) >= 11 is 0. The molecule has 1 fully saturated rings. The van der Waals surface area contributed by atoms with Crippen molar-refractivity contribution in [3.8, 4) is 22.7 Å². The van der Waals surface area contributed by atoms with Gasteiger partial charge in [-0.15, -0.1) is 0 Å². The van der Waals surface area contributed by atoms with E-state index < -0.39 is 9.84 Å². The van der Waals surface area contributed by atoms with Crippen molar-refractivity contribution < 1.29 is 17.9 Å². The van der Waals surface area contributed by atoms with Crippen LogP contribution in [0.1, 0.15) is 28.0 Å². The van der Waals surface area contributed by atoms with Gasteiger partial charge in [0.2, 0.25) is 0 Å². The lowest BCUT2D eigenvalue weighted by Gasteiger charge is -2.36. The highest BCUT2D eigenvalue weighted by Crippen LogP contribution is 2.33. The first-order valence-electron chi connectivity index (χ1n) is 14.0. The zero-order valence-electron chi connectivity index (χ0n) is 23.6. The third-order valence-corrected chi connectivity index (χ3v) is 8.42. The quantitative estimate of drug-likeness (QED) is 0.273. The van der Waals surface area contributed by atoms with E-state index in [1.165, 1.54) is 11.8 Å². The van der Waals surface area contributed by atoms with Crippen molar-refractivity contribution in [2.24, 2.45) is 0 Å². The Bertz CT molecular complexity index is 1580. The summed E-state index contributed by atoms with van der Waals surface area (Å²) in [6, 6.07) is 30.1. The predicted molar refractivity (Wildman–Crippen MR) is 164 cm³/mol. The Morgan fingerprint density at radius 1 is 0.976 bits per heavy atom. The highest BCUT2D eigenvalue weighted by atomic mass is 32.2. The molecule has 41 heavy (non-hydrogen) atoms. The minimum Gasteiger partial charge on any atom is -0.493 e. The standard InChI is InChI=1S/C33H37N3O4S/c1-25-21-31(33(37)35-18-17-34-24-29(35)22-26-11-5-3-6-12-26)32(27-13-7-4-8-14-27)36(25)28-15-9-16-30(23-28)40-19-10-20-41(2,38)39/h3-9,11-16,21,23,29,34H,10,17-20,22,24H2,1-2H3/t29-/m1/s1. The molecule has 3 aromatic carbocycles. The lowest BCUT2D eigenvalue weighted by atomic mass is 10.0. The molecule has 1 aromatic heterocycles. The summed E-state index contributed by atoms with van der Waals surface area (Å²) in [5.74, 6) is 0.770. The monoisotopic (exact) mass is 571 g/mol. The number of ether oxygens (including phenoxy) is 1. The van der Waals surface area contributed by atoms with Crippen molar-refractivity contribution >= 4 is 15.7 Å². The topological polar surface area (TPSA) is 80.6 Å². The first-order valence-corrected chi connectivity index (χ1v) is 16.1. The fourth-order valence-corrected chi connectivity index (χ4v) is 6.13. The van der Waals surface area contributed by atoms with E-state index in [-0.39, 0.29) is 17.7 Å². The van der Waals surface area contributed by atoms with E-state index >= 15 is 0 Å². The van der Waals surface area contributed by atoms with Gasteiger partial charge in [-0.2, -0.15) is 0 Å². The summed E-state index contributed by atoms with van der Waals surface area (Å²) in [6.45, 7) is 4.48. The van der Waals surface area contributed by atoms with Crippen LogP contribution in [0.4, 0.5) is 0 Å². The fourth-order valence-electron chi connectivity index (χ4n) is 5.49. The molecule has 214 valence electrons. The Morgan fingerprint density at radius 3 is 2.44 bits per heavy atom. The zero-order valence-corrected chi connectivity index (χ0v) is 24.4. The van der Waals surface area contributed by atoms with Crippen LogP contribution < -0.4 is 10.1 Å². The molecule has 1 aliphatic heterocycles. The molecule has 1 atom stereocenters. The van der Waals surface area contributed by atoms with E-state index in [9.17, 15) is 13.2 Å². The van der Waals surface area contributed by atoms with Crippen molar-refractivity contribution in [3.63, 3.8) is 0 Å². The Hall–Kier alpha value is -3.88. The molecule has 0 spiro atoms. The number of amides is 1. The van der Waals surface area contributed by atoms with Crippen LogP contribution in [0.3, 0.4) is 0 Å². The molecule has 5 rings (SSSR count). The molecule has 1 aliphatic rings.